The lowest BCUT2D eigenvalue weighted by Gasteiger charge is -2.06. The summed E-state index contributed by atoms with van der Waals surface area (Å²) in [5.41, 5.74) is 1.18. The van der Waals surface area contributed by atoms with Crippen LogP contribution in [0.2, 0.25) is 10.0 Å². The molecule has 2 rings (SSSR count). The second-order valence-corrected chi connectivity index (χ2v) is 4.25. The Morgan fingerprint density at radius 2 is 1.88 bits per heavy atom. The number of aldehydes is 1. The molecule has 0 atom stereocenters. The molecule has 0 saturated heterocycles. The molecule has 0 aliphatic heterocycles. The molecule has 0 saturated carbocycles. The van der Waals surface area contributed by atoms with E-state index in [1.165, 1.54) is 12.3 Å². The Morgan fingerprint density at radius 3 is 2.53 bits per heavy atom. The Labute approximate surface area is 107 Å². The molecule has 0 fully saturated rings. The summed E-state index contributed by atoms with van der Waals surface area (Å²) in [7, 11) is 0. The van der Waals surface area contributed by atoms with Crippen LogP contribution >= 0.6 is 23.2 Å². The van der Waals surface area contributed by atoms with Crippen molar-refractivity contribution in [3.63, 3.8) is 0 Å². The summed E-state index contributed by atoms with van der Waals surface area (Å²) in [6.45, 7) is 0. The number of nitrogens with one attached hydrogen (secondary N) is 1. The van der Waals surface area contributed by atoms with Crippen LogP contribution in [0.15, 0.2) is 35.3 Å². The molecule has 0 amide bonds. The maximum absolute atomic E-state index is 11.1. The number of carbonyl (C=O) groups is 1. The number of pyridine rings is 1. The van der Waals surface area contributed by atoms with Crippen LogP contribution in [-0.2, 0) is 0 Å². The normalized spacial score (nSPS) is 10.2. The van der Waals surface area contributed by atoms with Crippen molar-refractivity contribution >= 4 is 29.5 Å². The quantitative estimate of drug-likeness (QED) is 0.850. The van der Waals surface area contributed by atoms with Crippen LogP contribution in [0.3, 0.4) is 0 Å². The Morgan fingerprint density at radius 1 is 1.12 bits per heavy atom. The maximum atomic E-state index is 11.1. The molecule has 2 aromatic rings. The molecule has 0 aliphatic rings. The molecular weight excluding hydrogens is 261 g/mol. The van der Waals surface area contributed by atoms with Gasteiger partial charge in [0.15, 0.2) is 6.29 Å². The van der Waals surface area contributed by atoms with E-state index in [1.807, 2.05) is 0 Å². The van der Waals surface area contributed by atoms with Crippen LogP contribution < -0.4 is 5.56 Å². The van der Waals surface area contributed by atoms with Gasteiger partial charge in [-0.3, -0.25) is 9.59 Å². The number of hydrogen-bond acceptors (Lipinski definition) is 2. The predicted molar refractivity (Wildman–Crippen MR) is 67.9 cm³/mol. The standard InChI is InChI=1S/C12H7Cl2NO2/c13-8-1-2-9(11(14)4-8)10-5-15-12(17)3-7(10)6-16/h1-6H,(H,15,17). The van der Waals surface area contributed by atoms with Crippen molar-refractivity contribution in [2.75, 3.05) is 0 Å². The van der Waals surface area contributed by atoms with E-state index in [9.17, 15) is 9.59 Å². The van der Waals surface area contributed by atoms with Gasteiger partial charge in [-0.15, -0.1) is 0 Å². The van der Waals surface area contributed by atoms with E-state index in [2.05, 4.69) is 4.98 Å². The summed E-state index contributed by atoms with van der Waals surface area (Å²) in [6, 6.07) is 6.18. The molecule has 0 aliphatic carbocycles. The van der Waals surface area contributed by atoms with Crippen molar-refractivity contribution in [3.8, 4) is 11.1 Å². The van der Waals surface area contributed by atoms with Crippen LogP contribution in [-0.4, -0.2) is 11.3 Å². The van der Waals surface area contributed by atoms with Crippen LogP contribution in [0.25, 0.3) is 11.1 Å². The van der Waals surface area contributed by atoms with Gasteiger partial charge in [-0.25, -0.2) is 0 Å². The SMILES string of the molecule is O=Cc1cc(=O)[nH]cc1-c1ccc(Cl)cc1Cl. The number of carbonyl (C=O) groups excluding carboxylic acids is 1. The van der Waals surface area contributed by atoms with Crippen molar-refractivity contribution in [1.82, 2.24) is 4.98 Å². The van der Waals surface area contributed by atoms with E-state index in [0.717, 1.165) is 0 Å². The van der Waals surface area contributed by atoms with Gasteiger partial charge in [0.05, 0.1) is 0 Å². The van der Waals surface area contributed by atoms with Crippen molar-refractivity contribution < 1.29 is 4.79 Å². The largest absolute Gasteiger partial charge is 0.328 e. The summed E-state index contributed by atoms with van der Waals surface area (Å²) in [5, 5.41) is 0.934. The monoisotopic (exact) mass is 267 g/mol. The fourth-order valence-corrected chi connectivity index (χ4v) is 2.04. The fraction of sp³-hybridized carbons (Fsp3) is 0. The minimum Gasteiger partial charge on any atom is -0.328 e. The van der Waals surface area contributed by atoms with Crippen LogP contribution in [0.1, 0.15) is 10.4 Å². The molecule has 1 heterocycles. The zero-order chi connectivity index (χ0) is 12.4. The smallest absolute Gasteiger partial charge is 0.248 e. The van der Waals surface area contributed by atoms with Crippen LogP contribution in [0.5, 0.6) is 0 Å². The van der Waals surface area contributed by atoms with E-state index < -0.39 is 0 Å². The van der Waals surface area contributed by atoms with Gasteiger partial charge in [-0.05, 0) is 12.1 Å². The van der Waals surface area contributed by atoms with Gasteiger partial charge in [0.1, 0.15) is 0 Å². The number of hydrogen-bond donors (Lipinski definition) is 1. The Kier molecular flexibility index (Phi) is 3.31. The lowest BCUT2D eigenvalue weighted by Crippen LogP contribution is -2.06. The highest BCUT2D eigenvalue weighted by Gasteiger charge is 2.09. The second kappa shape index (κ2) is 4.73. The highest BCUT2D eigenvalue weighted by atomic mass is 35.5. The average Bonchev–Trinajstić information content (AvgIpc) is 2.30. The molecule has 1 aromatic carbocycles. The number of H-pyrrole nitrogens is 1. The van der Waals surface area contributed by atoms with Gasteiger partial charge in [-0.1, -0.05) is 29.3 Å². The Bertz CT molecular complexity index is 635. The number of rotatable bonds is 2. The molecule has 0 bridgehead atoms. The van der Waals surface area contributed by atoms with Gasteiger partial charge in [-0.2, -0.15) is 0 Å². The summed E-state index contributed by atoms with van der Waals surface area (Å²) in [5.74, 6) is 0. The average molecular weight is 268 g/mol. The van der Waals surface area contributed by atoms with Crippen LogP contribution in [0, 0.1) is 0 Å². The van der Waals surface area contributed by atoms with Gasteiger partial charge in [0, 0.05) is 39.0 Å². The van der Waals surface area contributed by atoms with Crippen molar-refractivity contribution in [1.29, 1.82) is 0 Å². The molecule has 17 heavy (non-hydrogen) atoms. The Balaban J connectivity index is 2.68. The van der Waals surface area contributed by atoms with E-state index in [0.29, 0.717) is 27.5 Å². The number of halogens is 2. The maximum Gasteiger partial charge on any atom is 0.248 e. The molecule has 0 unspecified atom stereocenters. The first kappa shape index (κ1) is 11.9. The molecule has 1 N–H and O–H groups in total. The highest BCUT2D eigenvalue weighted by Crippen LogP contribution is 2.30. The van der Waals surface area contributed by atoms with Gasteiger partial charge in [0.25, 0.3) is 0 Å². The van der Waals surface area contributed by atoms with E-state index in [-0.39, 0.29) is 11.1 Å². The fourth-order valence-electron chi connectivity index (χ4n) is 1.53. The predicted octanol–water partition coefficient (Wildman–Crippen LogP) is 3.16. The molecule has 3 nitrogen and oxygen atoms in total. The second-order valence-electron chi connectivity index (χ2n) is 3.41. The minimum absolute atomic E-state index is 0.290. The minimum atomic E-state index is -0.332. The third kappa shape index (κ3) is 2.40. The lowest BCUT2D eigenvalue weighted by atomic mass is 10.0. The summed E-state index contributed by atoms with van der Waals surface area (Å²) >= 11 is 11.8. The molecule has 0 radical (unpaired) electrons. The highest BCUT2D eigenvalue weighted by molar-refractivity contribution is 6.36. The zero-order valence-corrected chi connectivity index (χ0v) is 10.0. The van der Waals surface area contributed by atoms with E-state index >= 15 is 0 Å². The van der Waals surface area contributed by atoms with Crippen molar-refractivity contribution in [2.24, 2.45) is 0 Å². The van der Waals surface area contributed by atoms with E-state index in [1.54, 1.807) is 18.2 Å². The molecule has 0 spiro atoms. The first-order chi connectivity index (χ1) is 8.11. The molecular formula is C12H7Cl2NO2. The van der Waals surface area contributed by atoms with Gasteiger partial charge >= 0.3 is 0 Å². The molecule has 5 heteroatoms. The molecule has 1 aromatic heterocycles. The molecule has 86 valence electrons. The first-order valence-corrected chi connectivity index (χ1v) is 5.51. The van der Waals surface area contributed by atoms with Crippen molar-refractivity contribution in [2.45, 2.75) is 0 Å². The number of aromatic amines is 1. The topological polar surface area (TPSA) is 49.9 Å². The third-order valence-electron chi connectivity index (χ3n) is 2.30. The van der Waals surface area contributed by atoms with Crippen molar-refractivity contribution in [3.05, 3.63) is 56.4 Å². The lowest BCUT2D eigenvalue weighted by molar-refractivity contribution is 0.112. The summed E-state index contributed by atoms with van der Waals surface area (Å²) in [6.07, 6.45) is 2.08. The summed E-state index contributed by atoms with van der Waals surface area (Å²) < 4.78 is 0. The first-order valence-electron chi connectivity index (χ1n) is 4.75. The third-order valence-corrected chi connectivity index (χ3v) is 2.85. The zero-order valence-electron chi connectivity index (χ0n) is 8.54. The van der Waals surface area contributed by atoms with Gasteiger partial charge < -0.3 is 4.98 Å². The van der Waals surface area contributed by atoms with Crippen LogP contribution in [0.4, 0.5) is 0 Å². The Hall–Kier alpha value is -1.58. The van der Waals surface area contributed by atoms with Gasteiger partial charge in [0.2, 0.25) is 5.56 Å². The number of benzene rings is 1. The van der Waals surface area contributed by atoms with E-state index in [4.69, 9.17) is 23.2 Å². The number of aromatic nitrogens is 1. The summed E-state index contributed by atoms with van der Waals surface area (Å²) in [4.78, 5) is 24.5.